The summed E-state index contributed by atoms with van der Waals surface area (Å²) in [6, 6.07) is 6.36. The average molecular weight is 264 g/mol. The molecule has 0 bridgehead atoms. The highest BCUT2D eigenvalue weighted by atomic mass is 19.1. The Balaban J connectivity index is 1.64. The molecule has 0 aliphatic carbocycles. The second-order valence-corrected chi connectivity index (χ2v) is 5.01. The van der Waals surface area contributed by atoms with Gasteiger partial charge in [0.05, 0.1) is 0 Å². The summed E-state index contributed by atoms with van der Waals surface area (Å²) in [5.74, 6) is -0.212. The normalized spacial score (nSPS) is 16.5. The molecule has 1 aliphatic rings. The zero-order valence-electron chi connectivity index (χ0n) is 11.1. The van der Waals surface area contributed by atoms with E-state index in [1.54, 1.807) is 12.1 Å². The van der Waals surface area contributed by atoms with Gasteiger partial charge in [0.1, 0.15) is 5.82 Å². The fraction of sp³-hybridized carbons (Fsp3) is 0.533. The number of benzene rings is 1. The van der Waals surface area contributed by atoms with Crippen LogP contribution in [0.2, 0.25) is 0 Å². The number of halogens is 1. The molecule has 1 heterocycles. The van der Waals surface area contributed by atoms with Crippen molar-refractivity contribution in [2.45, 2.75) is 31.7 Å². The summed E-state index contributed by atoms with van der Waals surface area (Å²) in [6.45, 7) is 3.02. The van der Waals surface area contributed by atoms with Crippen LogP contribution in [-0.4, -0.2) is 31.5 Å². The summed E-state index contributed by atoms with van der Waals surface area (Å²) in [7, 11) is 0. The van der Waals surface area contributed by atoms with Crippen LogP contribution < -0.4 is 10.6 Å². The Hall–Kier alpha value is -1.26. The molecule has 1 aromatic rings. The lowest BCUT2D eigenvalue weighted by Gasteiger charge is -2.23. The molecule has 1 fully saturated rings. The van der Waals surface area contributed by atoms with Gasteiger partial charge in [-0.05, 0) is 63.2 Å². The molecule has 0 saturated carbocycles. The number of nitrogens with one attached hydrogen (secondary N) is 2. The van der Waals surface area contributed by atoms with Gasteiger partial charge in [-0.2, -0.15) is 0 Å². The summed E-state index contributed by atoms with van der Waals surface area (Å²) in [5.41, 5.74) is 0.600. The zero-order chi connectivity index (χ0) is 13.5. The van der Waals surface area contributed by atoms with Gasteiger partial charge in [0, 0.05) is 18.0 Å². The number of hydrogen-bond acceptors (Lipinski definition) is 3. The average Bonchev–Trinajstić information content (AvgIpc) is 2.45. The SMILES string of the molecule is O=C(CCCNC1CCNCC1)c1ccc(F)cc1. The number of hydrogen-bond donors (Lipinski definition) is 2. The number of carbonyl (C=O) groups is 1. The first-order valence-electron chi connectivity index (χ1n) is 6.98. The third kappa shape index (κ3) is 4.73. The van der Waals surface area contributed by atoms with Crippen molar-refractivity contribution in [3.05, 3.63) is 35.6 Å². The Bertz CT molecular complexity index is 399. The van der Waals surface area contributed by atoms with Gasteiger partial charge in [-0.1, -0.05) is 0 Å². The van der Waals surface area contributed by atoms with E-state index < -0.39 is 0 Å². The smallest absolute Gasteiger partial charge is 0.162 e. The van der Waals surface area contributed by atoms with E-state index in [4.69, 9.17) is 0 Å². The number of ketones is 1. The van der Waals surface area contributed by atoms with Crippen molar-refractivity contribution in [2.75, 3.05) is 19.6 Å². The van der Waals surface area contributed by atoms with Crippen LogP contribution in [0.3, 0.4) is 0 Å². The molecule has 0 aromatic heterocycles. The highest BCUT2D eigenvalue weighted by Crippen LogP contribution is 2.07. The van der Waals surface area contributed by atoms with Gasteiger partial charge in [0.15, 0.2) is 5.78 Å². The van der Waals surface area contributed by atoms with Crippen molar-refractivity contribution in [3.63, 3.8) is 0 Å². The lowest BCUT2D eigenvalue weighted by atomic mass is 10.0. The molecule has 19 heavy (non-hydrogen) atoms. The number of rotatable bonds is 6. The molecule has 3 nitrogen and oxygen atoms in total. The van der Waals surface area contributed by atoms with Crippen LogP contribution in [0.4, 0.5) is 4.39 Å². The fourth-order valence-corrected chi connectivity index (χ4v) is 2.36. The van der Waals surface area contributed by atoms with Crippen molar-refractivity contribution >= 4 is 5.78 Å². The third-order valence-corrected chi connectivity index (χ3v) is 3.52. The van der Waals surface area contributed by atoms with E-state index in [-0.39, 0.29) is 11.6 Å². The zero-order valence-corrected chi connectivity index (χ0v) is 11.1. The first-order chi connectivity index (χ1) is 9.25. The van der Waals surface area contributed by atoms with Crippen LogP contribution in [0.25, 0.3) is 0 Å². The molecule has 1 saturated heterocycles. The van der Waals surface area contributed by atoms with Crippen LogP contribution in [0.5, 0.6) is 0 Å². The van der Waals surface area contributed by atoms with Crippen LogP contribution in [0, 0.1) is 5.82 Å². The van der Waals surface area contributed by atoms with E-state index in [0.29, 0.717) is 18.0 Å². The predicted octanol–water partition coefficient (Wildman–Crippen LogP) is 2.13. The van der Waals surface area contributed by atoms with E-state index in [9.17, 15) is 9.18 Å². The Morgan fingerprint density at radius 3 is 2.63 bits per heavy atom. The molecule has 0 spiro atoms. The summed E-state index contributed by atoms with van der Waals surface area (Å²) in [6.07, 6.45) is 3.67. The van der Waals surface area contributed by atoms with E-state index >= 15 is 0 Å². The van der Waals surface area contributed by atoms with Gasteiger partial charge in [-0.25, -0.2) is 4.39 Å². The maximum Gasteiger partial charge on any atom is 0.162 e. The highest BCUT2D eigenvalue weighted by molar-refractivity contribution is 5.95. The maximum atomic E-state index is 12.7. The van der Waals surface area contributed by atoms with Crippen molar-refractivity contribution in [1.82, 2.24) is 10.6 Å². The first-order valence-corrected chi connectivity index (χ1v) is 6.98. The molecule has 4 heteroatoms. The summed E-state index contributed by atoms with van der Waals surface area (Å²) >= 11 is 0. The van der Waals surface area contributed by atoms with Crippen LogP contribution in [0.15, 0.2) is 24.3 Å². The van der Waals surface area contributed by atoms with E-state index in [0.717, 1.165) is 38.9 Å². The third-order valence-electron chi connectivity index (χ3n) is 3.52. The van der Waals surface area contributed by atoms with Gasteiger partial charge in [0.2, 0.25) is 0 Å². The minimum absolute atomic E-state index is 0.0899. The van der Waals surface area contributed by atoms with Crippen molar-refractivity contribution in [2.24, 2.45) is 0 Å². The number of Topliss-reactive ketones (excluding diaryl/α,β-unsaturated/α-hetero) is 1. The molecule has 104 valence electrons. The lowest BCUT2D eigenvalue weighted by molar-refractivity contribution is 0.0979. The molecule has 0 radical (unpaired) electrons. The van der Waals surface area contributed by atoms with E-state index in [1.807, 2.05) is 0 Å². The molecular formula is C15H21FN2O. The van der Waals surface area contributed by atoms with Crippen molar-refractivity contribution in [1.29, 1.82) is 0 Å². The molecule has 0 atom stereocenters. The van der Waals surface area contributed by atoms with Crippen LogP contribution in [0.1, 0.15) is 36.0 Å². The maximum absolute atomic E-state index is 12.7. The Morgan fingerprint density at radius 1 is 1.26 bits per heavy atom. The van der Waals surface area contributed by atoms with Gasteiger partial charge in [-0.3, -0.25) is 4.79 Å². The van der Waals surface area contributed by atoms with Crippen molar-refractivity contribution in [3.8, 4) is 0 Å². The first kappa shape index (κ1) is 14.2. The van der Waals surface area contributed by atoms with Gasteiger partial charge in [-0.15, -0.1) is 0 Å². The van der Waals surface area contributed by atoms with E-state index in [2.05, 4.69) is 10.6 Å². The highest BCUT2D eigenvalue weighted by Gasteiger charge is 2.12. The molecule has 1 aromatic carbocycles. The van der Waals surface area contributed by atoms with Gasteiger partial charge in [0.25, 0.3) is 0 Å². The van der Waals surface area contributed by atoms with Crippen LogP contribution >= 0.6 is 0 Å². The second-order valence-electron chi connectivity index (χ2n) is 5.01. The minimum atomic E-state index is -0.302. The van der Waals surface area contributed by atoms with Crippen LogP contribution in [-0.2, 0) is 0 Å². The molecule has 2 rings (SSSR count). The Morgan fingerprint density at radius 2 is 1.95 bits per heavy atom. The minimum Gasteiger partial charge on any atom is -0.317 e. The van der Waals surface area contributed by atoms with E-state index in [1.165, 1.54) is 12.1 Å². The number of piperidine rings is 1. The molecule has 0 amide bonds. The topological polar surface area (TPSA) is 41.1 Å². The Labute approximate surface area is 113 Å². The quantitative estimate of drug-likeness (QED) is 0.611. The van der Waals surface area contributed by atoms with Gasteiger partial charge >= 0.3 is 0 Å². The largest absolute Gasteiger partial charge is 0.317 e. The molecule has 2 N–H and O–H groups in total. The second kappa shape index (κ2) is 7.36. The summed E-state index contributed by atoms with van der Waals surface area (Å²) in [5, 5.41) is 6.81. The molecule has 0 unspecified atom stereocenters. The predicted molar refractivity (Wildman–Crippen MR) is 73.9 cm³/mol. The monoisotopic (exact) mass is 264 g/mol. The standard InChI is InChI=1S/C15H21FN2O/c16-13-5-3-12(4-6-13)15(19)2-1-9-18-14-7-10-17-11-8-14/h3-6,14,17-18H,1-2,7-11H2. The summed E-state index contributed by atoms with van der Waals surface area (Å²) < 4.78 is 12.7. The molecule has 1 aliphatic heterocycles. The fourth-order valence-electron chi connectivity index (χ4n) is 2.36. The molecular weight excluding hydrogens is 243 g/mol. The number of carbonyl (C=O) groups excluding carboxylic acids is 1. The van der Waals surface area contributed by atoms with Gasteiger partial charge < -0.3 is 10.6 Å². The Kier molecular flexibility index (Phi) is 5.48. The summed E-state index contributed by atoms with van der Waals surface area (Å²) in [4.78, 5) is 11.8. The lowest BCUT2D eigenvalue weighted by Crippen LogP contribution is -2.40. The van der Waals surface area contributed by atoms with Crippen molar-refractivity contribution < 1.29 is 9.18 Å².